The van der Waals surface area contributed by atoms with E-state index >= 15 is 0 Å². The van der Waals surface area contributed by atoms with Gasteiger partial charge in [0.05, 0.1) is 12.6 Å². The van der Waals surface area contributed by atoms with E-state index in [-0.39, 0.29) is 5.78 Å². The van der Waals surface area contributed by atoms with Crippen LogP contribution in [0.5, 0.6) is 5.75 Å². The second kappa shape index (κ2) is 4.57. The molecule has 0 radical (unpaired) electrons. The van der Waals surface area contributed by atoms with Crippen molar-refractivity contribution in [3.05, 3.63) is 59.8 Å². The maximum Gasteiger partial charge on any atom is 0.213 e. The molecule has 0 spiro atoms. The Labute approximate surface area is 110 Å². The molecule has 3 rings (SSSR count). The summed E-state index contributed by atoms with van der Waals surface area (Å²) in [5, 5.41) is 7.81. The molecule has 0 fully saturated rings. The minimum absolute atomic E-state index is 0.0971. The van der Waals surface area contributed by atoms with Crippen LogP contribution in [0.25, 0.3) is 10.9 Å². The molecule has 0 atom stereocenters. The highest BCUT2D eigenvalue weighted by Gasteiger charge is 2.15. The van der Waals surface area contributed by atoms with E-state index in [1.54, 1.807) is 31.4 Å². The standard InChI is InChI=1S/C15H12N2O2/c1-19-11-8-6-10(7-9-11)15(18)14-12-4-2-3-5-13(12)16-17-14/h2-9H,1H3,(H,16,17). The number of carbonyl (C=O) groups excluding carboxylic acids is 1. The molecule has 4 heteroatoms. The third-order valence-corrected chi connectivity index (χ3v) is 3.04. The molecule has 0 amide bonds. The van der Waals surface area contributed by atoms with E-state index in [1.165, 1.54) is 0 Å². The highest BCUT2D eigenvalue weighted by Crippen LogP contribution is 2.20. The Hall–Kier alpha value is -2.62. The first kappa shape index (κ1) is 11.5. The van der Waals surface area contributed by atoms with Crippen LogP contribution < -0.4 is 4.74 Å². The summed E-state index contributed by atoms with van der Waals surface area (Å²) in [6.07, 6.45) is 0. The van der Waals surface area contributed by atoms with Gasteiger partial charge in [0.2, 0.25) is 5.78 Å². The zero-order valence-electron chi connectivity index (χ0n) is 10.4. The van der Waals surface area contributed by atoms with E-state index in [4.69, 9.17) is 4.74 Å². The Bertz CT molecular complexity index is 729. The van der Waals surface area contributed by atoms with Gasteiger partial charge in [0.15, 0.2) is 0 Å². The van der Waals surface area contributed by atoms with Crippen molar-refractivity contribution < 1.29 is 9.53 Å². The quantitative estimate of drug-likeness (QED) is 0.729. The van der Waals surface area contributed by atoms with Crippen molar-refractivity contribution in [2.24, 2.45) is 0 Å². The molecule has 3 aromatic rings. The molecule has 4 nitrogen and oxygen atoms in total. The average molecular weight is 252 g/mol. The first-order valence-corrected chi connectivity index (χ1v) is 5.91. The van der Waals surface area contributed by atoms with Crippen LogP contribution in [0.2, 0.25) is 0 Å². The smallest absolute Gasteiger partial charge is 0.213 e. The fraction of sp³-hybridized carbons (Fsp3) is 0.0667. The Morgan fingerprint density at radius 2 is 1.84 bits per heavy atom. The van der Waals surface area contributed by atoms with Gasteiger partial charge >= 0.3 is 0 Å². The minimum Gasteiger partial charge on any atom is -0.497 e. The van der Waals surface area contributed by atoms with Crippen LogP contribution in [0.3, 0.4) is 0 Å². The highest BCUT2D eigenvalue weighted by molar-refractivity contribution is 6.14. The second-order valence-electron chi connectivity index (χ2n) is 4.18. The van der Waals surface area contributed by atoms with Crippen molar-refractivity contribution >= 4 is 16.7 Å². The lowest BCUT2D eigenvalue weighted by Crippen LogP contribution is -2.02. The zero-order valence-corrected chi connectivity index (χ0v) is 10.4. The summed E-state index contributed by atoms with van der Waals surface area (Å²) in [6.45, 7) is 0. The number of methoxy groups -OCH3 is 1. The number of rotatable bonds is 3. The van der Waals surface area contributed by atoms with Gasteiger partial charge in [-0.05, 0) is 30.3 Å². The van der Waals surface area contributed by atoms with Crippen molar-refractivity contribution in [3.63, 3.8) is 0 Å². The number of ketones is 1. The first-order chi connectivity index (χ1) is 9.29. The third kappa shape index (κ3) is 1.97. The van der Waals surface area contributed by atoms with E-state index in [0.29, 0.717) is 11.3 Å². The Morgan fingerprint density at radius 1 is 1.11 bits per heavy atom. The molecule has 2 aromatic carbocycles. The van der Waals surface area contributed by atoms with Crippen molar-refractivity contribution in [3.8, 4) is 5.75 Å². The Balaban J connectivity index is 2.03. The number of aromatic amines is 1. The van der Waals surface area contributed by atoms with Crippen molar-refractivity contribution in [2.75, 3.05) is 7.11 Å². The summed E-state index contributed by atoms with van der Waals surface area (Å²) < 4.78 is 5.08. The van der Waals surface area contributed by atoms with E-state index in [9.17, 15) is 4.79 Å². The molecule has 1 heterocycles. The topological polar surface area (TPSA) is 55.0 Å². The predicted octanol–water partition coefficient (Wildman–Crippen LogP) is 2.80. The average Bonchev–Trinajstić information content (AvgIpc) is 2.90. The van der Waals surface area contributed by atoms with Crippen molar-refractivity contribution in [1.29, 1.82) is 0 Å². The van der Waals surface area contributed by atoms with Crippen LogP contribution >= 0.6 is 0 Å². The Morgan fingerprint density at radius 3 is 2.58 bits per heavy atom. The molecule has 1 aromatic heterocycles. The summed E-state index contributed by atoms with van der Waals surface area (Å²) >= 11 is 0. The monoisotopic (exact) mass is 252 g/mol. The molecule has 0 aliphatic rings. The van der Waals surface area contributed by atoms with Gasteiger partial charge in [0.25, 0.3) is 0 Å². The minimum atomic E-state index is -0.0971. The number of ether oxygens (including phenoxy) is 1. The number of nitrogens with one attached hydrogen (secondary N) is 1. The van der Waals surface area contributed by atoms with Crippen LogP contribution in [0.4, 0.5) is 0 Å². The normalized spacial score (nSPS) is 10.6. The van der Waals surface area contributed by atoms with Gasteiger partial charge in [-0.15, -0.1) is 0 Å². The van der Waals surface area contributed by atoms with Crippen molar-refractivity contribution in [1.82, 2.24) is 10.2 Å². The number of benzene rings is 2. The molecule has 0 saturated heterocycles. The van der Waals surface area contributed by atoms with Gasteiger partial charge in [0.1, 0.15) is 11.4 Å². The number of nitrogens with zero attached hydrogens (tertiary/aromatic N) is 1. The van der Waals surface area contributed by atoms with E-state index in [1.807, 2.05) is 24.3 Å². The van der Waals surface area contributed by atoms with Crippen molar-refractivity contribution in [2.45, 2.75) is 0 Å². The molecule has 0 saturated carbocycles. The molecule has 0 unspecified atom stereocenters. The number of para-hydroxylation sites is 1. The molecule has 0 aliphatic heterocycles. The molecule has 19 heavy (non-hydrogen) atoms. The van der Waals surface area contributed by atoms with Gasteiger partial charge in [0, 0.05) is 10.9 Å². The molecule has 94 valence electrons. The lowest BCUT2D eigenvalue weighted by Gasteiger charge is -2.01. The summed E-state index contributed by atoms with van der Waals surface area (Å²) in [4.78, 5) is 12.4. The number of aromatic nitrogens is 2. The lowest BCUT2D eigenvalue weighted by molar-refractivity contribution is 0.103. The van der Waals surface area contributed by atoms with E-state index in [0.717, 1.165) is 16.7 Å². The molecule has 0 bridgehead atoms. The third-order valence-electron chi connectivity index (χ3n) is 3.04. The number of hydrogen-bond donors (Lipinski definition) is 1. The fourth-order valence-electron chi connectivity index (χ4n) is 2.02. The van der Waals surface area contributed by atoms with E-state index < -0.39 is 0 Å². The van der Waals surface area contributed by atoms with Crippen LogP contribution in [0, 0.1) is 0 Å². The van der Waals surface area contributed by atoms with Gasteiger partial charge < -0.3 is 4.74 Å². The first-order valence-electron chi connectivity index (χ1n) is 5.91. The fourth-order valence-corrected chi connectivity index (χ4v) is 2.02. The van der Waals surface area contributed by atoms with Gasteiger partial charge in [-0.3, -0.25) is 9.89 Å². The number of carbonyl (C=O) groups is 1. The van der Waals surface area contributed by atoms with Crippen LogP contribution in [-0.2, 0) is 0 Å². The summed E-state index contributed by atoms with van der Waals surface area (Å²) in [6, 6.07) is 14.6. The molecule has 1 N–H and O–H groups in total. The van der Waals surface area contributed by atoms with Crippen LogP contribution in [-0.4, -0.2) is 23.1 Å². The maximum atomic E-state index is 12.4. The summed E-state index contributed by atoms with van der Waals surface area (Å²) in [5.74, 6) is 0.628. The molecular formula is C15H12N2O2. The lowest BCUT2D eigenvalue weighted by atomic mass is 10.1. The maximum absolute atomic E-state index is 12.4. The molecular weight excluding hydrogens is 240 g/mol. The largest absolute Gasteiger partial charge is 0.497 e. The SMILES string of the molecule is COc1ccc(C(=O)c2n[nH]c3ccccc23)cc1. The van der Waals surface area contributed by atoms with Gasteiger partial charge in [-0.25, -0.2) is 0 Å². The summed E-state index contributed by atoms with van der Waals surface area (Å²) in [5.41, 5.74) is 1.90. The van der Waals surface area contributed by atoms with Gasteiger partial charge in [-0.2, -0.15) is 5.10 Å². The highest BCUT2D eigenvalue weighted by atomic mass is 16.5. The van der Waals surface area contributed by atoms with E-state index in [2.05, 4.69) is 10.2 Å². The Kier molecular flexibility index (Phi) is 2.76. The second-order valence-corrected chi connectivity index (χ2v) is 4.18. The number of fused-ring (bicyclic) bond motifs is 1. The number of hydrogen-bond acceptors (Lipinski definition) is 3. The zero-order chi connectivity index (χ0) is 13.2. The summed E-state index contributed by atoms with van der Waals surface area (Å²) in [7, 11) is 1.60. The predicted molar refractivity (Wildman–Crippen MR) is 72.5 cm³/mol. The number of H-pyrrole nitrogens is 1. The molecule has 0 aliphatic carbocycles. The van der Waals surface area contributed by atoms with Gasteiger partial charge in [-0.1, -0.05) is 18.2 Å². The van der Waals surface area contributed by atoms with Crippen LogP contribution in [0.1, 0.15) is 16.1 Å². The van der Waals surface area contributed by atoms with Crippen LogP contribution in [0.15, 0.2) is 48.5 Å².